The molecule has 4 fully saturated rings. The summed E-state index contributed by atoms with van der Waals surface area (Å²) in [6.07, 6.45) is -6.86. The SMILES string of the molecule is [2H]C([2H])(C[C@@H](C)[C@H]1CCC2[C@]3([2H])C(=O)[C@]([2H])(CC)[C]4C([2H])([2H])C(=O)C([2H])([2H])C[C@]4(C)C3CC[C@@]21C)C(=O)[O-].[Na+]. The van der Waals surface area contributed by atoms with Crippen LogP contribution >= 0.6 is 0 Å². The van der Waals surface area contributed by atoms with Gasteiger partial charge in [-0.3, -0.25) is 9.59 Å². The van der Waals surface area contributed by atoms with Crippen molar-refractivity contribution in [3.05, 3.63) is 5.92 Å². The summed E-state index contributed by atoms with van der Waals surface area (Å²) in [6.45, 7) is 6.95. The van der Waals surface area contributed by atoms with Gasteiger partial charge < -0.3 is 9.90 Å². The third-order valence-corrected chi connectivity index (χ3v) is 8.77. The van der Waals surface area contributed by atoms with Crippen LogP contribution in [0.5, 0.6) is 0 Å². The van der Waals surface area contributed by atoms with Gasteiger partial charge in [0.1, 0.15) is 11.6 Å². The summed E-state index contributed by atoms with van der Waals surface area (Å²) in [5, 5.41) is 11.3. The average Bonchev–Trinajstić information content (AvgIpc) is 3.14. The van der Waals surface area contributed by atoms with E-state index in [0.29, 0.717) is 25.7 Å². The molecule has 2 unspecified atom stereocenters. The van der Waals surface area contributed by atoms with E-state index < -0.39 is 71.1 Å². The minimum Gasteiger partial charge on any atom is -0.550 e. The summed E-state index contributed by atoms with van der Waals surface area (Å²) >= 11 is 0. The summed E-state index contributed by atoms with van der Waals surface area (Å²) < 4.78 is 69.0. The summed E-state index contributed by atoms with van der Waals surface area (Å²) in [7, 11) is 0. The predicted molar refractivity (Wildman–Crippen MR) is 113 cm³/mol. The van der Waals surface area contributed by atoms with E-state index in [1.54, 1.807) is 20.8 Å². The molecule has 4 aliphatic rings. The summed E-state index contributed by atoms with van der Waals surface area (Å²) in [5.41, 5.74) is -1.99. The number of fused-ring (bicyclic) bond motifs is 5. The topological polar surface area (TPSA) is 74.3 Å². The molecule has 0 bridgehead atoms. The van der Waals surface area contributed by atoms with E-state index in [2.05, 4.69) is 0 Å². The van der Waals surface area contributed by atoms with Gasteiger partial charge in [-0.15, -0.1) is 0 Å². The molecule has 0 N–H and O–H groups in total. The standard InChI is InChI=1S/C26H39O4.Na/c1-5-17-21-14-16(27)10-12-26(21,4)20-11-13-25(3)18(15(2)6-9-22(28)29)7-8-19(25)23(20)24(17)30;/h15,17-20,23H,5-14H2,1-4H3,(H,28,29);/q;+1/p-1/t15-,17-,18-,19?,20?,23+,25-,26-;/m1./s1/i9D2,10D2,14D2,17D,23D;. The second kappa shape index (κ2) is 9.22. The Morgan fingerprint density at radius 3 is 2.61 bits per heavy atom. The maximum Gasteiger partial charge on any atom is 1.00 e. The molecule has 0 aromatic rings. The van der Waals surface area contributed by atoms with Crippen LogP contribution in [0, 0.1) is 52.2 Å². The van der Waals surface area contributed by atoms with Crippen LogP contribution in [0.3, 0.4) is 0 Å². The van der Waals surface area contributed by atoms with E-state index in [1.807, 2.05) is 6.92 Å². The molecule has 0 aromatic heterocycles. The minimum absolute atomic E-state index is 0. The molecule has 0 heterocycles. The maximum absolute atomic E-state index is 14.4. The summed E-state index contributed by atoms with van der Waals surface area (Å²) in [5.74, 6) is -9.88. The average molecular weight is 446 g/mol. The Bertz CT molecular complexity index is 1070. The Balaban J connectivity index is 0.00000420. The van der Waals surface area contributed by atoms with E-state index in [1.165, 1.54) is 0 Å². The van der Waals surface area contributed by atoms with Crippen molar-refractivity contribution >= 4 is 17.5 Å². The number of carboxylic acids is 1. The Morgan fingerprint density at radius 2 is 1.97 bits per heavy atom. The predicted octanol–water partition coefficient (Wildman–Crippen LogP) is 1.16. The van der Waals surface area contributed by atoms with Gasteiger partial charge in [0.15, 0.2) is 0 Å². The normalized spacial score (nSPS) is 55.7. The number of carboxylic acid groups (broad SMARTS) is 1. The van der Waals surface area contributed by atoms with Crippen molar-refractivity contribution in [2.45, 2.75) is 91.8 Å². The van der Waals surface area contributed by atoms with E-state index in [9.17, 15) is 22.2 Å². The number of hydrogen-bond acceptors (Lipinski definition) is 4. The van der Waals surface area contributed by atoms with Gasteiger partial charge in [0, 0.05) is 41.5 Å². The van der Waals surface area contributed by atoms with Gasteiger partial charge >= 0.3 is 29.6 Å². The number of ketones is 2. The molecule has 8 atom stereocenters. The van der Waals surface area contributed by atoms with Gasteiger partial charge in [-0.1, -0.05) is 27.7 Å². The molecule has 4 aliphatic carbocycles. The fourth-order valence-electron chi connectivity index (χ4n) is 7.28. The molecule has 5 heteroatoms. The molecule has 0 spiro atoms. The maximum atomic E-state index is 14.4. The molecular weight excluding hydrogens is 399 g/mol. The van der Waals surface area contributed by atoms with E-state index >= 15 is 0 Å². The first-order valence-electron chi connectivity index (χ1n) is 15.3. The smallest absolute Gasteiger partial charge is 0.550 e. The second-order valence-electron chi connectivity index (χ2n) is 10.2. The minimum atomic E-state index is -2.82. The fraction of sp³-hybridized carbons (Fsp3) is 0.846. The van der Waals surface area contributed by atoms with Crippen LogP contribution in [0.1, 0.15) is 103 Å². The van der Waals surface area contributed by atoms with E-state index in [-0.39, 0.29) is 66.6 Å². The first kappa shape index (κ1) is 16.4. The second-order valence-corrected chi connectivity index (χ2v) is 10.2. The molecule has 31 heavy (non-hydrogen) atoms. The van der Waals surface area contributed by atoms with Gasteiger partial charge in [0.2, 0.25) is 0 Å². The van der Waals surface area contributed by atoms with Gasteiger partial charge in [-0.05, 0) is 91.7 Å². The number of Topliss-reactive ketones (excluding diaryl/α,β-unsaturated/α-hetero) is 2. The third-order valence-electron chi connectivity index (χ3n) is 8.77. The first-order valence-corrected chi connectivity index (χ1v) is 11.3. The molecule has 0 aliphatic heterocycles. The van der Waals surface area contributed by atoms with Crippen molar-refractivity contribution < 1.29 is 60.0 Å². The number of aliphatic carboxylic acids is 1. The van der Waals surface area contributed by atoms with Crippen molar-refractivity contribution in [1.82, 2.24) is 0 Å². The molecule has 0 saturated heterocycles. The van der Waals surface area contributed by atoms with Crippen LogP contribution in [0.2, 0.25) is 0 Å². The monoisotopic (exact) mass is 445 g/mol. The van der Waals surface area contributed by atoms with Crippen molar-refractivity contribution in [1.29, 1.82) is 0 Å². The van der Waals surface area contributed by atoms with Crippen LogP contribution in [-0.2, 0) is 14.4 Å². The molecule has 4 rings (SSSR count). The third kappa shape index (κ3) is 4.01. The summed E-state index contributed by atoms with van der Waals surface area (Å²) in [4.78, 5) is 38.6. The van der Waals surface area contributed by atoms with Crippen LogP contribution in [0.15, 0.2) is 0 Å². The number of carbonyl (C=O) groups is 3. The Labute approximate surface area is 221 Å². The largest absolute Gasteiger partial charge is 1.00 e. The Kier molecular flexibility index (Phi) is 4.89. The van der Waals surface area contributed by atoms with Gasteiger partial charge in [0.05, 0.1) is 0 Å². The Hall–Kier alpha value is -0.190. The molecule has 4 saturated carbocycles. The summed E-state index contributed by atoms with van der Waals surface area (Å²) in [6, 6.07) is 0. The number of carbonyl (C=O) groups excluding carboxylic acids is 3. The molecule has 1 radical (unpaired) electrons. The quantitative estimate of drug-likeness (QED) is 0.595. The fourth-order valence-corrected chi connectivity index (χ4v) is 7.28. The van der Waals surface area contributed by atoms with E-state index in [0.717, 1.165) is 0 Å². The van der Waals surface area contributed by atoms with Crippen LogP contribution in [0.4, 0.5) is 0 Å². The van der Waals surface area contributed by atoms with Crippen molar-refractivity contribution in [2.24, 2.45) is 46.3 Å². The van der Waals surface area contributed by atoms with Crippen LogP contribution in [-0.4, -0.2) is 17.5 Å². The molecule has 0 aromatic carbocycles. The van der Waals surface area contributed by atoms with Gasteiger partial charge in [0.25, 0.3) is 0 Å². The Morgan fingerprint density at radius 1 is 1.26 bits per heavy atom. The molecule has 4 nitrogen and oxygen atoms in total. The zero-order valence-corrected chi connectivity index (χ0v) is 21.4. The van der Waals surface area contributed by atoms with Gasteiger partial charge in [-0.25, -0.2) is 0 Å². The van der Waals surface area contributed by atoms with Crippen molar-refractivity contribution in [3.8, 4) is 0 Å². The van der Waals surface area contributed by atoms with Crippen LogP contribution in [0.25, 0.3) is 0 Å². The van der Waals surface area contributed by atoms with Gasteiger partial charge in [-0.2, -0.15) is 0 Å². The first-order chi connectivity index (χ1) is 17.1. The molecule has 0 amide bonds. The molecular formula is C26H38NaO4. The van der Waals surface area contributed by atoms with Crippen LogP contribution < -0.4 is 34.7 Å². The van der Waals surface area contributed by atoms with E-state index in [4.69, 9.17) is 8.22 Å². The zero-order valence-electron chi connectivity index (χ0n) is 27.4. The number of rotatable bonds is 5. The number of hydrogen-bond donors (Lipinski definition) is 0. The van der Waals surface area contributed by atoms with Crippen molar-refractivity contribution in [2.75, 3.05) is 0 Å². The molecule has 167 valence electrons. The van der Waals surface area contributed by atoms with Crippen molar-refractivity contribution in [3.63, 3.8) is 0 Å². The zero-order chi connectivity index (χ0) is 29.1.